The molecule has 0 bridgehead atoms. The van der Waals surface area contributed by atoms with Gasteiger partial charge in [-0.1, -0.05) is 11.6 Å². The summed E-state index contributed by atoms with van der Waals surface area (Å²) in [4.78, 5) is 33.5. The third-order valence-corrected chi connectivity index (χ3v) is 3.23. The third-order valence-electron chi connectivity index (χ3n) is 2.92. The van der Waals surface area contributed by atoms with Gasteiger partial charge in [-0.15, -0.1) is 0 Å². The number of nitrogen functional groups attached to an aromatic ring is 1. The van der Waals surface area contributed by atoms with Crippen LogP contribution in [0.2, 0.25) is 5.02 Å². The molecule has 0 radical (unpaired) electrons. The molecule has 1 aromatic rings. The molecule has 4 N–H and O–H groups in total. The van der Waals surface area contributed by atoms with Gasteiger partial charge < -0.3 is 16.4 Å². The summed E-state index contributed by atoms with van der Waals surface area (Å²) >= 11 is 5.76. The van der Waals surface area contributed by atoms with Gasteiger partial charge in [0.25, 0.3) is 11.6 Å². The summed E-state index contributed by atoms with van der Waals surface area (Å²) in [6.45, 7) is -0.227. The lowest BCUT2D eigenvalue weighted by Gasteiger charge is -2.09. The van der Waals surface area contributed by atoms with E-state index in [2.05, 4.69) is 10.6 Å². The topological polar surface area (TPSA) is 127 Å². The quantitative estimate of drug-likeness (QED) is 0.421. The second kappa shape index (κ2) is 5.96. The van der Waals surface area contributed by atoms with Crippen LogP contribution in [0, 0.1) is 10.1 Å². The smallest absolute Gasteiger partial charge is 0.271 e. The van der Waals surface area contributed by atoms with Crippen LogP contribution in [0.4, 0.5) is 11.4 Å². The van der Waals surface area contributed by atoms with Crippen molar-refractivity contribution >= 4 is 34.8 Å². The van der Waals surface area contributed by atoms with Crippen LogP contribution in [0.25, 0.3) is 0 Å². The van der Waals surface area contributed by atoms with Crippen molar-refractivity contribution in [3.05, 3.63) is 32.8 Å². The molecule has 0 heterocycles. The van der Waals surface area contributed by atoms with E-state index in [9.17, 15) is 19.7 Å². The molecule has 9 heteroatoms. The highest BCUT2D eigenvalue weighted by Crippen LogP contribution is 2.28. The van der Waals surface area contributed by atoms with E-state index in [4.69, 9.17) is 17.3 Å². The van der Waals surface area contributed by atoms with Crippen molar-refractivity contribution in [2.75, 3.05) is 12.3 Å². The Balaban J connectivity index is 2.06. The highest BCUT2D eigenvalue weighted by molar-refractivity contribution is 6.34. The zero-order valence-electron chi connectivity index (χ0n) is 10.9. The number of carbonyl (C=O) groups excluding carboxylic acids is 2. The number of nitrogens with one attached hydrogen (secondary N) is 2. The number of nitrogens with zero attached hydrogens (tertiary/aromatic N) is 1. The van der Waals surface area contributed by atoms with E-state index in [1.807, 2.05) is 0 Å². The minimum absolute atomic E-state index is 0.0673. The zero-order chi connectivity index (χ0) is 15.6. The molecule has 1 aromatic carbocycles. The number of carbonyl (C=O) groups is 2. The van der Waals surface area contributed by atoms with Crippen LogP contribution >= 0.6 is 11.6 Å². The Bertz CT molecular complexity index is 616. The maximum Gasteiger partial charge on any atom is 0.271 e. The van der Waals surface area contributed by atoms with Crippen molar-refractivity contribution in [2.24, 2.45) is 0 Å². The number of non-ortho nitro benzene ring substituents is 1. The summed E-state index contributed by atoms with van der Waals surface area (Å²) in [7, 11) is 0. The first kappa shape index (κ1) is 15.0. The Morgan fingerprint density at radius 3 is 2.67 bits per heavy atom. The molecule has 2 rings (SSSR count). The van der Waals surface area contributed by atoms with Gasteiger partial charge >= 0.3 is 0 Å². The molecule has 112 valence electrons. The third kappa shape index (κ3) is 3.82. The second-order valence-electron chi connectivity index (χ2n) is 4.67. The minimum Gasteiger partial charge on any atom is -0.397 e. The van der Waals surface area contributed by atoms with E-state index < -0.39 is 10.8 Å². The predicted molar refractivity (Wildman–Crippen MR) is 76.0 cm³/mol. The highest BCUT2D eigenvalue weighted by atomic mass is 35.5. The van der Waals surface area contributed by atoms with Crippen LogP contribution in [-0.2, 0) is 4.79 Å². The van der Waals surface area contributed by atoms with Crippen LogP contribution in [0.5, 0.6) is 0 Å². The molecule has 0 aromatic heterocycles. The Morgan fingerprint density at radius 2 is 2.10 bits per heavy atom. The standard InChI is InChI=1S/C12H13ClN4O4/c13-9-4-7(17(20)21)3-8(11(9)14)12(19)15-5-10(18)16-6-1-2-6/h3-4,6H,1-2,5,14H2,(H,15,19)(H,16,18). The van der Waals surface area contributed by atoms with E-state index in [-0.39, 0.29) is 40.5 Å². The van der Waals surface area contributed by atoms with Crippen LogP contribution in [0.3, 0.4) is 0 Å². The Hall–Kier alpha value is -2.35. The van der Waals surface area contributed by atoms with Gasteiger partial charge in [0, 0.05) is 18.2 Å². The fourth-order valence-electron chi connectivity index (χ4n) is 1.66. The normalized spacial score (nSPS) is 13.6. The van der Waals surface area contributed by atoms with Crippen molar-refractivity contribution in [2.45, 2.75) is 18.9 Å². The van der Waals surface area contributed by atoms with Gasteiger partial charge in [-0.05, 0) is 12.8 Å². The number of halogens is 1. The summed E-state index contributed by atoms with van der Waals surface area (Å²) in [6, 6.07) is 2.27. The van der Waals surface area contributed by atoms with E-state index in [0.29, 0.717) is 0 Å². The Morgan fingerprint density at radius 1 is 1.43 bits per heavy atom. The second-order valence-corrected chi connectivity index (χ2v) is 5.08. The molecule has 1 fully saturated rings. The molecule has 0 unspecified atom stereocenters. The number of hydrogen-bond donors (Lipinski definition) is 3. The van der Waals surface area contributed by atoms with Crippen LogP contribution in [-0.4, -0.2) is 29.3 Å². The Kier molecular flexibility index (Phi) is 4.27. The average Bonchev–Trinajstić information content (AvgIpc) is 3.22. The summed E-state index contributed by atoms with van der Waals surface area (Å²) in [5.74, 6) is -1.01. The van der Waals surface area contributed by atoms with Gasteiger partial charge in [-0.3, -0.25) is 19.7 Å². The minimum atomic E-state index is -0.691. The number of nitrogens with two attached hydrogens (primary N) is 1. The fourth-order valence-corrected chi connectivity index (χ4v) is 1.87. The fraction of sp³-hybridized carbons (Fsp3) is 0.333. The van der Waals surface area contributed by atoms with E-state index in [1.54, 1.807) is 0 Å². The largest absolute Gasteiger partial charge is 0.397 e. The van der Waals surface area contributed by atoms with Crippen molar-refractivity contribution < 1.29 is 14.5 Å². The number of anilines is 1. The molecular weight excluding hydrogens is 300 g/mol. The van der Waals surface area contributed by atoms with Gasteiger partial charge in [-0.2, -0.15) is 0 Å². The first-order valence-corrected chi connectivity index (χ1v) is 6.57. The van der Waals surface area contributed by atoms with E-state index in [0.717, 1.165) is 25.0 Å². The first-order valence-electron chi connectivity index (χ1n) is 6.19. The number of nitro benzene ring substituents is 1. The van der Waals surface area contributed by atoms with Gasteiger partial charge in [-0.25, -0.2) is 0 Å². The van der Waals surface area contributed by atoms with Gasteiger partial charge in [0.2, 0.25) is 5.91 Å². The number of nitro groups is 1. The van der Waals surface area contributed by atoms with Crippen molar-refractivity contribution in [1.82, 2.24) is 10.6 Å². The molecule has 0 spiro atoms. The van der Waals surface area contributed by atoms with Crippen molar-refractivity contribution in [3.63, 3.8) is 0 Å². The lowest BCUT2D eigenvalue weighted by atomic mass is 10.1. The molecule has 1 aliphatic rings. The predicted octanol–water partition coefficient (Wildman–Crippen LogP) is 0.839. The lowest BCUT2D eigenvalue weighted by Crippen LogP contribution is -2.38. The first-order chi connectivity index (χ1) is 9.88. The van der Waals surface area contributed by atoms with Crippen molar-refractivity contribution in [1.29, 1.82) is 0 Å². The molecular formula is C12H13ClN4O4. The molecule has 2 amide bonds. The SMILES string of the molecule is Nc1c(Cl)cc([N+](=O)[O-])cc1C(=O)NCC(=O)NC1CC1. The lowest BCUT2D eigenvalue weighted by molar-refractivity contribution is -0.384. The highest BCUT2D eigenvalue weighted by Gasteiger charge is 2.24. The van der Waals surface area contributed by atoms with E-state index in [1.165, 1.54) is 0 Å². The van der Waals surface area contributed by atoms with Gasteiger partial charge in [0.15, 0.2) is 0 Å². The Labute approximate surface area is 124 Å². The summed E-state index contributed by atoms with van der Waals surface area (Å²) in [5.41, 5.74) is 5.09. The monoisotopic (exact) mass is 312 g/mol. The van der Waals surface area contributed by atoms with Crippen LogP contribution in [0.1, 0.15) is 23.2 Å². The van der Waals surface area contributed by atoms with Crippen LogP contribution < -0.4 is 16.4 Å². The number of benzene rings is 1. The summed E-state index contributed by atoms with van der Waals surface area (Å²) in [5, 5.41) is 15.7. The number of amides is 2. The van der Waals surface area contributed by atoms with Gasteiger partial charge in [0.1, 0.15) is 0 Å². The molecule has 0 aliphatic heterocycles. The summed E-state index contributed by atoms with van der Waals surface area (Å²) < 4.78 is 0. The van der Waals surface area contributed by atoms with Gasteiger partial charge in [0.05, 0.1) is 27.7 Å². The molecule has 1 saturated carbocycles. The molecule has 21 heavy (non-hydrogen) atoms. The van der Waals surface area contributed by atoms with Crippen molar-refractivity contribution in [3.8, 4) is 0 Å². The zero-order valence-corrected chi connectivity index (χ0v) is 11.6. The van der Waals surface area contributed by atoms with Crippen LogP contribution in [0.15, 0.2) is 12.1 Å². The summed E-state index contributed by atoms with van der Waals surface area (Å²) in [6.07, 6.45) is 1.88. The maximum absolute atomic E-state index is 11.9. The molecule has 0 saturated heterocycles. The maximum atomic E-state index is 11.9. The molecule has 0 atom stereocenters. The van der Waals surface area contributed by atoms with E-state index >= 15 is 0 Å². The number of hydrogen-bond acceptors (Lipinski definition) is 5. The molecule has 1 aliphatic carbocycles. The average molecular weight is 313 g/mol. The molecule has 8 nitrogen and oxygen atoms in total. The number of rotatable bonds is 5.